The third kappa shape index (κ3) is 5.14. The van der Waals surface area contributed by atoms with Crippen LogP contribution in [-0.2, 0) is 20.8 Å². The van der Waals surface area contributed by atoms with Gasteiger partial charge in [0.2, 0.25) is 20.8 Å². The fraction of sp³-hybridized carbons (Fsp3) is 0.231. The van der Waals surface area contributed by atoms with Crippen LogP contribution >= 0.6 is 0 Å². The van der Waals surface area contributed by atoms with Crippen molar-refractivity contribution < 1.29 is 35.2 Å². The van der Waals surface area contributed by atoms with Crippen molar-refractivity contribution in [3.05, 3.63) is 83.8 Å². The molecule has 0 spiro atoms. The summed E-state index contributed by atoms with van der Waals surface area (Å²) in [4.78, 5) is 16.8. The minimum absolute atomic E-state index is 0.141. The molecule has 2 aromatic heterocycles. The number of nitrogens with one attached hydrogen (secondary N) is 2. The van der Waals surface area contributed by atoms with Crippen LogP contribution in [-0.4, -0.2) is 31.9 Å². The van der Waals surface area contributed by atoms with Gasteiger partial charge in [0.05, 0.1) is 17.3 Å². The topological polar surface area (TPSA) is 101 Å². The van der Waals surface area contributed by atoms with Crippen LogP contribution in [0, 0.1) is 5.82 Å². The van der Waals surface area contributed by atoms with Crippen LogP contribution in [0.2, 0.25) is 0 Å². The molecule has 0 saturated carbocycles. The third-order valence-electron chi connectivity index (χ3n) is 6.27. The fourth-order valence-electron chi connectivity index (χ4n) is 4.32. The molecule has 198 valence electrons. The van der Waals surface area contributed by atoms with Crippen molar-refractivity contribution >= 4 is 26.7 Å². The van der Waals surface area contributed by atoms with Crippen LogP contribution in [0.4, 0.5) is 17.6 Å². The molecule has 0 aliphatic carbocycles. The summed E-state index contributed by atoms with van der Waals surface area (Å²) in [6.07, 6.45) is -2.59. The summed E-state index contributed by atoms with van der Waals surface area (Å²) in [5, 5.41) is 3.76. The maximum atomic E-state index is 13.8. The number of alkyl halides is 3. The van der Waals surface area contributed by atoms with E-state index in [4.69, 9.17) is 4.42 Å². The molecule has 7 nitrogen and oxygen atoms in total. The van der Waals surface area contributed by atoms with E-state index in [-0.39, 0.29) is 22.2 Å². The summed E-state index contributed by atoms with van der Waals surface area (Å²) in [7, 11) is -4.40. The van der Waals surface area contributed by atoms with E-state index >= 15 is 0 Å². The lowest BCUT2D eigenvalue weighted by Crippen LogP contribution is -2.44. The van der Waals surface area contributed by atoms with Gasteiger partial charge in [0.25, 0.3) is 0 Å². The first-order valence-corrected chi connectivity index (χ1v) is 13.2. The molecule has 3 heterocycles. The molecule has 5 rings (SSSR count). The highest BCUT2D eigenvalue weighted by Crippen LogP contribution is 2.34. The molecule has 2 aromatic carbocycles. The van der Waals surface area contributed by atoms with E-state index in [1.54, 1.807) is 6.07 Å². The summed E-state index contributed by atoms with van der Waals surface area (Å²) in [5.74, 6) is -1.10. The van der Waals surface area contributed by atoms with E-state index in [0.29, 0.717) is 24.7 Å². The van der Waals surface area contributed by atoms with Gasteiger partial charge in [-0.25, -0.2) is 12.8 Å². The number of rotatable bonds is 6. The van der Waals surface area contributed by atoms with Gasteiger partial charge in [-0.05, 0) is 61.3 Å². The van der Waals surface area contributed by atoms with Crippen molar-refractivity contribution in [2.24, 2.45) is 0 Å². The van der Waals surface area contributed by atoms with Gasteiger partial charge < -0.3 is 15.1 Å². The Hall–Kier alpha value is -3.77. The monoisotopic (exact) mass is 547 g/mol. The summed E-state index contributed by atoms with van der Waals surface area (Å²) in [6, 6.07) is 12.2. The Morgan fingerprint density at radius 3 is 2.61 bits per heavy atom. The number of furan rings is 1. The van der Waals surface area contributed by atoms with Crippen molar-refractivity contribution in [2.75, 3.05) is 6.54 Å². The second-order valence-electron chi connectivity index (χ2n) is 8.89. The number of hydrogen-bond donors (Lipinski definition) is 2. The Morgan fingerprint density at radius 1 is 1.11 bits per heavy atom. The summed E-state index contributed by atoms with van der Waals surface area (Å²) >= 11 is 0. The number of pyridine rings is 1. The lowest BCUT2D eigenvalue weighted by atomic mass is 10.1. The van der Waals surface area contributed by atoms with Crippen LogP contribution in [0.25, 0.3) is 22.2 Å². The van der Waals surface area contributed by atoms with Crippen LogP contribution in [0.5, 0.6) is 0 Å². The summed E-state index contributed by atoms with van der Waals surface area (Å²) in [5.41, 5.74) is -0.108. The van der Waals surface area contributed by atoms with Gasteiger partial charge in [0.1, 0.15) is 11.4 Å². The number of carbonyl (C=O) groups is 1. The van der Waals surface area contributed by atoms with E-state index < -0.39 is 49.8 Å². The predicted molar refractivity (Wildman–Crippen MR) is 130 cm³/mol. The second-order valence-corrected chi connectivity index (χ2v) is 10.8. The highest BCUT2D eigenvalue weighted by Gasteiger charge is 2.36. The Balaban J connectivity index is 1.55. The van der Waals surface area contributed by atoms with Crippen molar-refractivity contribution in [3.8, 4) is 11.3 Å². The standard InChI is InChI=1S/C26H21F4N3O4S/c27-19-7-9-22-17(12-19)13-23(37-22)38(35,36)25(33-24(34)21-5-2-10-31-21)16-4-1-3-15(11-16)20-8-6-18(14-32-20)26(28,29)30/h1,3-4,6-9,11-14,21,25,31H,2,5,10H2,(H,33,34)/t21?,25-/m0/s1. The minimum atomic E-state index is -4.55. The molecule has 0 radical (unpaired) electrons. The van der Waals surface area contributed by atoms with Gasteiger partial charge in [-0.3, -0.25) is 9.78 Å². The minimum Gasteiger partial charge on any atom is -0.445 e. The van der Waals surface area contributed by atoms with Crippen molar-refractivity contribution in [3.63, 3.8) is 0 Å². The van der Waals surface area contributed by atoms with Gasteiger partial charge >= 0.3 is 6.18 Å². The smallest absolute Gasteiger partial charge is 0.417 e. The normalized spacial score (nSPS) is 17.0. The van der Waals surface area contributed by atoms with Crippen molar-refractivity contribution in [2.45, 2.75) is 35.5 Å². The highest BCUT2D eigenvalue weighted by atomic mass is 32.2. The quantitative estimate of drug-likeness (QED) is 0.330. The zero-order valence-corrected chi connectivity index (χ0v) is 20.4. The summed E-state index contributed by atoms with van der Waals surface area (Å²) in [6.45, 7) is 0.611. The SMILES string of the molecule is O=C(N[C@H](c1cccc(-c2ccc(C(F)(F)F)cn2)c1)S(=O)(=O)c1cc2cc(F)ccc2o1)C1CCCN1. The first-order valence-electron chi connectivity index (χ1n) is 11.6. The number of fused-ring (bicyclic) bond motifs is 1. The van der Waals surface area contributed by atoms with E-state index in [1.165, 1.54) is 36.4 Å². The number of halogens is 4. The molecule has 4 aromatic rings. The molecule has 2 N–H and O–H groups in total. The molecule has 1 saturated heterocycles. The average molecular weight is 548 g/mol. The molecule has 2 atom stereocenters. The van der Waals surface area contributed by atoms with Crippen LogP contribution in [0.1, 0.15) is 29.3 Å². The van der Waals surface area contributed by atoms with Crippen LogP contribution < -0.4 is 10.6 Å². The Kier molecular flexibility index (Phi) is 6.70. The second kappa shape index (κ2) is 9.84. The molecule has 12 heteroatoms. The Bertz CT molecular complexity index is 1600. The van der Waals surface area contributed by atoms with Gasteiger partial charge in [0, 0.05) is 23.2 Å². The first-order chi connectivity index (χ1) is 18.0. The van der Waals surface area contributed by atoms with Gasteiger partial charge in [0.15, 0.2) is 5.37 Å². The number of nitrogens with zero attached hydrogens (tertiary/aromatic N) is 1. The van der Waals surface area contributed by atoms with E-state index in [1.807, 2.05) is 0 Å². The summed E-state index contributed by atoms with van der Waals surface area (Å²) < 4.78 is 85.6. The molecular formula is C26H21F4N3O4S. The highest BCUT2D eigenvalue weighted by molar-refractivity contribution is 7.91. The molecule has 1 aliphatic heterocycles. The molecule has 1 aliphatic rings. The van der Waals surface area contributed by atoms with Gasteiger partial charge in [-0.2, -0.15) is 13.2 Å². The van der Waals surface area contributed by atoms with Crippen LogP contribution in [0.15, 0.2) is 76.4 Å². The largest absolute Gasteiger partial charge is 0.445 e. The third-order valence-corrected chi connectivity index (χ3v) is 8.05. The van der Waals surface area contributed by atoms with E-state index in [0.717, 1.165) is 24.6 Å². The van der Waals surface area contributed by atoms with Crippen molar-refractivity contribution in [1.29, 1.82) is 0 Å². The molecule has 1 amide bonds. The number of hydrogen-bond acceptors (Lipinski definition) is 6. The van der Waals surface area contributed by atoms with Gasteiger partial charge in [-0.15, -0.1) is 0 Å². The molecule has 38 heavy (non-hydrogen) atoms. The fourth-order valence-corrected chi connectivity index (χ4v) is 5.82. The Morgan fingerprint density at radius 2 is 1.92 bits per heavy atom. The maximum absolute atomic E-state index is 13.8. The number of amides is 1. The molecular weight excluding hydrogens is 526 g/mol. The number of aromatic nitrogens is 1. The Labute approximate surface area is 214 Å². The molecule has 1 unspecified atom stereocenters. The maximum Gasteiger partial charge on any atom is 0.417 e. The van der Waals surface area contributed by atoms with Crippen LogP contribution in [0.3, 0.4) is 0 Å². The lowest BCUT2D eigenvalue weighted by molar-refractivity contribution is -0.137. The lowest BCUT2D eigenvalue weighted by Gasteiger charge is -2.21. The van der Waals surface area contributed by atoms with E-state index in [9.17, 15) is 30.8 Å². The number of sulfone groups is 1. The number of carbonyl (C=O) groups excluding carboxylic acids is 1. The van der Waals surface area contributed by atoms with Gasteiger partial charge in [-0.1, -0.05) is 18.2 Å². The predicted octanol–water partition coefficient (Wildman–Crippen LogP) is 4.99. The van der Waals surface area contributed by atoms with E-state index in [2.05, 4.69) is 15.6 Å². The number of benzene rings is 2. The zero-order chi connectivity index (χ0) is 27.1. The zero-order valence-electron chi connectivity index (χ0n) is 19.6. The van der Waals surface area contributed by atoms with Crippen molar-refractivity contribution in [1.82, 2.24) is 15.6 Å². The average Bonchev–Trinajstić information content (AvgIpc) is 3.57. The molecule has 1 fully saturated rings. The first kappa shape index (κ1) is 25.9. The molecule has 0 bridgehead atoms.